The Hall–Kier alpha value is -3.16. The van der Waals surface area contributed by atoms with Crippen LogP contribution in [0.4, 0.5) is 0 Å². The normalized spacial score (nSPS) is 13.3. The first kappa shape index (κ1) is 30.1. The summed E-state index contributed by atoms with van der Waals surface area (Å²) >= 11 is -2.34. The van der Waals surface area contributed by atoms with E-state index >= 15 is 0 Å². The minimum absolute atomic E-state index is 0.139. The van der Waals surface area contributed by atoms with Gasteiger partial charge in [0, 0.05) is 37.6 Å². The number of benzene rings is 2. The number of nitrogens with two attached hydrogens (primary N) is 3. The van der Waals surface area contributed by atoms with Gasteiger partial charge in [0.25, 0.3) is 0 Å². The molecule has 1 unspecified atom stereocenters. The molecule has 0 spiro atoms. The van der Waals surface area contributed by atoms with Gasteiger partial charge in [-0.3, -0.25) is 18.6 Å². The zero-order chi connectivity index (χ0) is 27.2. The van der Waals surface area contributed by atoms with Crippen molar-refractivity contribution < 1.29 is 23.1 Å². The fourth-order valence-corrected chi connectivity index (χ4v) is 3.98. The van der Waals surface area contributed by atoms with Crippen LogP contribution in [0.25, 0.3) is 0 Å². The third kappa shape index (κ3) is 10.4. The maximum atomic E-state index is 13.0. The summed E-state index contributed by atoms with van der Waals surface area (Å²) in [5.41, 5.74) is 18.8. The van der Waals surface area contributed by atoms with E-state index < -0.39 is 35.0 Å². The van der Waals surface area contributed by atoms with Gasteiger partial charge in [-0.05, 0) is 47.2 Å². The second-order valence-corrected chi connectivity index (χ2v) is 9.39. The number of carbonyl (C=O) groups excluding carboxylic acids is 3. The monoisotopic (exact) mass is 531 g/mol. The van der Waals surface area contributed by atoms with E-state index in [0.29, 0.717) is 31.5 Å². The first-order valence-corrected chi connectivity index (χ1v) is 13.1. The summed E-state index contributed by atoms with van der Waals surface area (Å²) in [6.45, 7) is 1.26. The average Bonchev–Trinajstić information content (AvgIpc) is 2.90. The van der Waals surface area contributed by atoms with Crippen molar-refractivity contribution in [1.82, 2.24) is 15.5 Å². The number of hydrogen-bond acceptors (Lipinski definition) is 8. The Bertz CT molecular complexity index is 1030. The van der Waals surface area contributed by atoms with E-state index in [1.807, 2.05) is 30.3 Å². The van der Waals surface area contributed by atoms with Crippen LogP contribution in [0.5, 0.6) is 0 Å². The molecule has 0 aliphatic carbocycles. The van der Waals surface area contributed by atoms with Crippen molar-refractivity contribution in [3.05, 3.63) is 65.7 Å². The lowest BCUT2D eigenvalue weighted by Gasteiger charge is -2.24. The van der Waals surface area contributed by atoms with Gasteiger partial charge < -0.3 is 37.3 Å². The number of aryl methyl sites for hydroxylation is 1. The second kappa shape index (κ2) is 15.8. The summed E-state index contributed by atoms with van der Waals surface area (Å²) in [6.07, 6.45) is 0.591. The predicted molar refractivity (Wildman–Crippen MR) is 139 cm³/mol. The number of nitrogens with zero attached hydrogens (tertiary/aromatic N) is 1. The lowest BCUT2D eigenvalue weighted by atomic mass is 10.0. The van der Waals surface area contributed by atoms with E-state index in [-0.39, 0.29) is 36.9 Å². The molecular formula is C25H35N6O5S-. The highest BCUT2D eigenvalue weighted by Crippen LogP contribution is 2.09. The van der Waals surface area contributed by atoms with Crippen molar-refractivity contribution in [1.29, 1.82) is 0 Å². The quantitative estimate of drug-likeness (QED) is 0.183. The van der Waals surface area contributed by atoms with Crippen LogP contribution in [0.3, 0.4) is 0 Å². The Kier molecular flexibility index (Phi) is 12.9. The van der Waals surface area contributed by atoms with Gasteiger partial charge in [-0.1, -0.05) is 42.5 Å². The molecule has 0 saturated heterocycles. The Morgan fingerprint density at radius 1 is 0.919 bits per heavy atom. The van der Waals surface area contributed by atoms with Crippen molar-refractivity contribution in [2.24, 2.45) is 17.2 Å². The number of hydrogen-bond donors (Lipinski definition) is 5. The van der Waals surface area contributed by atoms with Gasteiger partial charge in [-0.2, -0.15) is 0 Å². The summed E-state index contributed by atoms with van der Waals surface area (Å²) in [7, 11) is 0. The summed E-state index contributed by atoms with van der Waals surface area (Å²) in [4.78, 5) is 40.0. The molecule has 2 aromatic carbocycles. The molecule has 202 valence electrons. The maximum Gasteiger partial charge on any atom is 0.242 e. The molecule has 0 heterocycles. The Morgan fingerprint density at radius 3 is 2.11 bits per heavy atom. The van der Waals surface area contributed by atoms with Gasteiger partial charge in [-0.15, -0.1) is 0 Å². The Balaban J connectivity index is 2.04. The third-order valence-corrected chi connectivity index (χ3v) is 6.32. The smallest absolute Gasteiger partial charge is 0.242 e. The highest BCUT2D eigenvalue weighted by Gasteiger charge is 2.26. The van der Waals surface area contributed by atoms with Crippen LogP contribution in [0.15, 0.2) is 59.5 Å². The molecule has 2 aromatic rings. The molecule has 0 saturated carbocycles. The molecule has 0 aromatic heterocycles. The first-order chi connectivity index (χ1) is 17.7. The largest absolute Gasteiger partial charge is 0.768 e. The van der Waals surface area contributed by atoms with Crippen LogP contribution in [0.2, 0.25) is 0 Å². The number of nitrogens with one attached hydrogen (secondary N) is 2. The van der Waals surface area contributed by atoms with Gasteiger partial charge >= 0.3 is 0 Å². The van der Waals surface area contributed by atoms with Crippen LogP contribution < -0.4 is 27.8 Å². The SMILES string of the molecule is NCCN(CCN)C(=O)C[C@H](N)C(=O)N[C@@H](CCc1ccccc1)C(=O)NCc1ccc(S(=O)[O-])cc1. The topological polar surface area (TPSA) is 197 Å². The lowest BCUT2D eigenvalue weighted by molar-refractivity contribution is -0.135. The molecule has 0 bridgehead atoms. The van der Waals surface area contributed by atoms with Gasteiger partial charge in [0.15, 0.2) is 0 Å². The third-order valence-electron chi connectivity index (χ3n) is 5.66. The molecule has 0 radical (unpaired) electrons. The van der Waals surface area contributed by atoms with E-state index in [0.717, 1.165) is 5.56 Å². The van der Waals surface area contributed by atoms with E-state index in [1.54, 1.807) is 12.1 Å². The molecule has 0 aliphatic heterocycles. The van der Waals surface area contributed by atoms with Gasteiger partial charge in [0.05, 0.1) is 12.5 Å². The van der Waals surface area contributed by atoms with Crippen LogP contribution in [0, 0.1) is 0 Å². The van der Waals surface area contributed by atoms with E-state index in [2.05, 4.69) is 10.6 Å². The molecular weight excluding hydrogens is 496 g/mol. The van der Waals surface area contributed by atoms with Crippen molar-refractivity contribution in [2.75, 3.05) is 26.2 Å². The molecule has 0 fully saturated rings. The van der Waals surface area contributed by atoms with Crippen molar-refractivity contribution >= 4 is 28.8 Å². The van der Waals surface area contributed by atoms with Crippen molar-refractivity contribution in [3.63, 3.8) is 0 Å². The first-order valence-electron chi connectivity index (χ1n) is 12.0. The fraction of sp³-hybridized carbons (Fsp3) is 0.400. The summed E-state index contributed by atoms with van der Waals surface area (Å²) in [5.74, 6) is -1.39. The summed E-state index contributed by atoms with van der Waals surface area (Å²) in [6, 6.07) is 13.5. The molecule has 11 nitrogen and oxygen atoms in total. The molecule has 3 atom stereocenters. The minimum Gasteiger partial charge on any atom is -0.768 e. The van der Waals surface area contributed by atoms with Crippen LogP contribution in [-0.2, 0) is 38.4 Å². The van der Waals surface area contributed by atoms with Crippen molar-refractivity contribution in [2.45, 2.75) is 42.8 Å². The number of amides is 3. The van der Waals surface area contributed by atoms with Crippen LogP contribution in [0.1, 0.15) is 24.0 Å². The molecule has 37 heavy (non-hydrogen) atoms. The van der Waals surface area contributed by atoms with E-state index in [4.69, 9.17) is 17.2 Å². The molecule has 0 aliphatic rings. The highest BCUT2D eigenvalue weighted by molar-refractivity contribution is 7.79. The molecule has 8 N–H and O–H groups in total. The highest BCUT2D eigenvalue weighted by atomic mass is 32.2. The van der Waals surface area contributed by atoms with Gasteiger partial charge in [-0.25, -0.2) is 0 Å². The maximum absolute atomic E-state index is 13.0. The van der Waals surface area contributed by atoms with E-state index in [1.165, 1.54) is 17.0 Å². The second-order valence-electron chi connectivity index (χ2n) is 8.45. The number of rotatable bonds is 15. The Labute approximate surface area is 219 Å². The average molecular weight is 532 g/mol. The van der Waals surface area contributed by atoms with Crippen molar-refractivity contribution in [3.8, 4) is 0 Å². The molecule has 3 amide bonds. The zero-order valence-electron chi connectivity index (χ0n) is 20.6. The zero-order valence-corrected chi connectivity index (χ0v) is 21.5. The molecule has 2 rings (SSSR count). The number of carbonyl (C=O) groups is 3. The lowest BCUT2D eigenvalue weighted by Crippen LogP contribution is -2.53. The fourth-order valence-electron chi connectivity index (χ4n) is 3.62. The van der Waals surface area contributed by atoms with Crippen LogP contribution >= 0.6 is 0 Å². The van der Waals surface area contributed by atoms with Crippen LogP contribution in [-0.4, -0.2) is 69.6 Å². The minimum atomic E-state index is -2.34. The predicted octanol–water partition coefficient (Wildman–Crippen LogP) is -0.878. The summed E-state index contributed by atoms with van der Waals surface area (Å²) in [5, 5.41) is 5.45. The molecule has 12 heteroatoms. The van der Waals surface area contributed by atoms with E-state index in [9.17, 15) is 23.1 Å². The van der Waals surface area contributed by atoms with Gasteiger partial charge in [0.1, 0.15) is 6.04 Å². The Morgan fingerprint density at radius 2 is 1.54 bits per heavy atom. The standard InChI is InChI=1S/C25H36N6O5S/c26-12-14-31(15-13-27)23(32)16-21(28)24(33)30-22(11-8-18-4-2-1-3-5-18)25(34)29-17-19-6-9-20(10-7-19)37(35)36/h1-7,9-10,21-22H,8,11-17,26-28H2,(H,29,34)(H,30,33)(H,35,36)/p-1/t21-,22-/m0/s1. The van der Waals surface area contributed by atoms with Gasteiger partial charge in [0.2, 0.25) is 17.7 Å². The summed E-state index contributed by atoms with van der Waals surface area (Å²) < 4.78 is 22.1.